The van der Waals surface area contributed by atoms with Crippen LogP contribution in [0.4, 0.5) is 5.69 Å². The van der Waals surface area contributed by atoms with E-state index in [2.05, 4.69) is 10.2 Å². The number of likely N-dealkylation sites (tertiary alicyclic amines) is 1. The molecule has 25 heavy (non-hydrogen) atoms. The lowest BCUT2D eigenvalue weighted by Gasteiger charge is -2.37. The molecule has 0 saturated carbocycles. The molecule has 2 rings (SSSR count). The average molecular weight is 394 g/mol. The van der Waals surface area contributed by atoms with Crippen molar-refractivity contribution in [2.24, 2.45) is 0 Å². The Morgan fingerprint density at radius 2 is 2.16 bits per heavy atom. The quantitative estimate of drug-likeness (QED) is 0.556. The Labute approximate surface area is 157 Å². The van der Waals surface area contributed by atoms with Gasteiger partial charge in [-0.05, 0) is 12.5 Å². The molecule has 1 saturated heterocycles. The number of halogens is 2. The van der Waals surface area contributed by atoms with Crippen molar-refractivity contribution in [3.8, 4) is 5.75 Å². The van der Waals surface area contributed by atoms with Crippen LogP contribution in [0.1, 0.15) is 16.8 Å². The Morgan fingerprint density at radius 3 is 2.76 bits per heavy atom. The summed E-state index contributed by atoms with van der Waals surface area (Å²) in [7, 11) is 3.14. The number of amides is 1. The maximum atomic E-state index is 12.6. The number of benzene rings is 1. The Balaban J connectivity index is 0.00000312. The van der Waals surface area contributed by atoms with Gasteiger partial charge >= 0.3 is 0 Å². The molecule has 0 aliphatic carbocycles. The average Bonchev–Trinajstić information content (AvgIpc) is 2.58. The van der Waals surface area contributed by atoms with Gasteiger partial charge in [0.1, 0.15) is 5.75 Å². The van der Waals surface area contributed by atoms with Crippen LogP contribution in [0.25, 0.3) is 0 Å². The van der Waals surface area contributed by atoms with Crippen molar-refractivity contribution in [2.75, 3.05) is 45.5 Å². The zero-order chi connectivity index (χ0) is 17.7. The number of carbonyl (C=O) groups excluding carboxylic acids is 1. The fourth-order valence-electron chi connectivity index (χ4n) is 2.87. The third kappa shape index (κ3) is 5.36. The summed E-state index contributed by atoms with van der Waals surface area (Å²) in [5.74, 6) is 0.712. The molecular weight excluding hydrogens is 369 g/mol. The molecule has 1 aromatic carbocycles. The number of rotatable bonds is 6. The van der Waals surface area contributed by atoms with Crippen molar-refractivity contribution < 1.29 is 19.7 Å². The van der Waals surface area contributed by atoms with Crippen LogP contribution in [0.3, 0.4) is 0 Å². The molecule has 1 aliphatic rings. The molecule has 1 amide bonds. The van der Waals surface area contributed by atoms with E-state index in [0.29, 0.717) is 27.9 Å². The third-order valence-corrected chi connectivity index (χ3v) is 4.72. The number of nitrogens with two attached hydrogens (primary N) is 1. The number of anilines is 1. The van der Waals surface area contributed by atoms with Gasteiger partial charge in [-0.15, -0.1) is 11.6 Å². The number of alkyl halides is 1. The fourth-order valence-corrected chi connectivity index (χ4v) is 3.27. The summed E-state index contributed by atoms with van der Waals surface area (Å²) in [5.41, 5.74) is 6.48. The first-order chi connectivity index (χ1) is 11.5. The molecule has 142 valence electrons. The zero-order valence-electron chi connectivity index (χ0n) is 14.4. The summed E-state index contributed by atoms with van der Waals surface area (Å²) in [5, 5.41) is 3.34. The topological polar surface area (TPSA) is 108 Å². The molecule has 0 aromatic heterocycles. The van der Waals surface area contributed by atoms with E-state index in [1.165, 1.54) is 13.2 Å². The predicted molar refractivity (Wildman–Crippen MR) is 99.9 cm³/mol. The number of hydrogen-bond donors (Lipinski definition) is 2. The van der Waals surface area contributed by atoms with Crippen molar-refractivity contribution in [1.82, 2.24) is 10.2 Å². The van der Waals surface area contributed by atoms with Crippen LogP contribution < -0.4 is 15.8 Å². The molecule has 0 spiro atoms. The van der Waals surface area contributed by atoms with E-state index in [1.54, 1.807) is 13.2 Å². The van der Waals surface area contributed by atoms with Crippen molar-refractivity contribution >= 4 is 34.8 Å². The maximum absolute atomic E-state index is 12.6. The lowest BCUT2D eigenvalue weighted by atomic mass is 10.0. The van der Waals surface area contributed by atoms with Crippen LogP contribution >= 0.6 is 23.2 Å². The minimum absolute atomic E-state index is 0. The monoisotopic (exact) mass is 393 g/mol. The third-order valence-electron chi connectivity index (χ3n) is 4.23. The van der Waals surface area contributed by atoms with E-state index in [9.17, 15) is 4.79 Å². The molecule has 9 heteroatoms. The molecule has 1 fully saturated rings. The summed E-state index contributed by atoms with van der Waals surface area (Å²) < 4.78 is 10.8. The molecule has 5 N–H and O–H groups in total. The summed E-state index contributed by atoms with van der Waals surface area (Å²) in [4.78, 5) is 14.9. The number of hydrogen-bond acceptors (Lipinski definition) is 5. The van der Waals surface area contributed by atoms with Crippen molar-refractivity contribution in [2.45, 2.75) is 18.6 Å². The Bertz CT molecular complexity index is 589. The molecule has 2 atom stereocenters. The largest absolute Gasteiger partial charge is 0.496 e. The Kier molecular flexibility index (Phi) is 8.75. The van der Waals surface area contributed by atoms with Gasteiger partial charge in [0.05, 0.1) is 35.5 Å². The summed E-state index contributed by atoms with van der Waals surface area (Å²) in [6, 6.07) is 2.99. The number of carbonyl (C=O) groups is 1. The summed E-state index contributed by atoms with van der Waals surface area (Å²) in [6.45, 7) is 2.40. The SMILES string of the molecule is COc1cc(N)c(Cl)cc1C(=O)N[C@@H]1CCN(CCCl)C[C@@H]1OC.O. The number of ether oxygens (including phenoxy) is 2. The first-order valence-corrected chi connectivity index (χ1v) is 8.66. The van der Waals surface area contributed by atoms with Gasteiger partial charge in [-0.25, -0.2) is 0 Å². The molecule has 1 aromatic rings. The fraction of sp³-hybridized carbons (Fsp3) is 0.562. The maximum Gasteiger partial charge on any atom is 0.255 e. The second-order valence-electron chi connectivity index (χ2n) is 5.71. The molecule has 0 unspecified atom stereocenters. The van der Waals surface area contributed by atoms with E-state index in [-0.39, 0.29) is 23.5 Å². The van der Waals surface area contributed by atoms with Crippen LogP contribution in [-0.4, -0.2) is 68.2 Å². The van der Waals surface area contributed by atoms with E-state index in [1.807, 2.05) is 0 Å². The Hall–Kier alpha value is -1.25. The van der Waals surface area contributed by atoms with Gasteiger partial charge in [0, 0.05) is 38.7 Å². The number of nitrogens with one attached hydrogen (secondary N) is 1. The van der Waals surface area contributed by atoms with Gasteiger partial charge in [-0.3, -0.25) is 9.69 Å². The lowest BCUT2D eigenvalue weighted by molar-refractivity contribution is 0.00825. The minimum atomic E-state index is -0.258. The first kappa shape index (κ1) is 21.8. The van der Waals surface area contributed by atoms with Crippen molar-refractivity contribution in [1.29, 1.82) is 0 Å². The predicted octanol–water partition coefficient (Wildman–Crippen LogP) is 1.16. The molecule has 1 heterocycles. The highest BCUT2D eigenvalue weighted by atomic mass is 35.5. The van der Waals surface area contributed by atoms with E-state index in [0.717, 1.165) is 26.1 Å². The van der Waals surface area contributed by atoms with Crippen LogP contribution in [-0.2, 0) is 4.74 Å². The summed E-state index contributed by atoms with van der Waals surface area (Å²) in [6.07, 6.45) is 0.688. The van der Waals surface area contributed by atoms with Crippen LogP contribution in [0, 0.1) is 0 Å². The second kappa shape index (κ2) is 10.0. The van der Waals surface area contributed by atoms with Gasteiger partial charge in [0.2, 0.25) is 0 Å². The van der Waals surface area contributed by atoms with Gasteiger partial charge in [-0.1, -0.05) is 11.6 Å². The van der Waals surface area contributed by atoms with E-state index < -0.39 is 0 Å². The van der Waals surface area contributed by atoms with Crippen LogP contribution in [0.15, 0.2) is 12.1 Å². The number of nitrogens with zero attached hydrogens (tertiary/aromatic N) is 1. The van der Waals surface area contributed by atoms with Crippen molar-refractivity contribution in [3.05, 3.63) is 22.7 Å². The van der Waals surface area contributed by atoms with E-state index in [4.69, 9.17) is 38.4 Å². The lowest BCUT2D eigenvalue weighted by Crippen LogP contribution is -2.55. The zero-order valence-corrected chi connectivity index (χ0v) is 15.9. The van der Waals surface area contributed by atoms with Gasteiger partial charge < -0.3 is 26.0 Å². The Morgan fingerprint density at radius 1 is 1.44 bits per heavy atom. The van der Waals surface area contributed by atoms with Gasteiger partial charge in [0.15, 0.2) is 0 Å². The molecule has 7 nitrogen and oxygen atoms in total. The highest BCUT2D eigenvalue weighted by molar-refractivity contribution is 6.33. The number of methoxy groups -OCH3 is 2. The minimum Gasteiger partial charge on any atom is -0.496 e. The molecular formula is C16H25Cl2N3O4. The van der Waals surface area contributed by atoms with Gasteiger partial charge in [0.25, 0.3) is 5.91 Å². The van der Waals surface area contributed by atoms with E-state index >= 15 is 0 Å². The van der Waals surface area contributed by atoms with Crippen molar-refractivity contribution in [3.63, 3.8) is 0 Å². The first-order valence-electron chi connectivity index (χ1n) is 7.75. The summed E-state index contributed by atoms with van der Waals surface area (Å²) >= 11 is 11.8. The normalized spacial score (nSPS) is 20.6. The molecule has 0 radical (unpaired) electrons. The number of nitrogen functional groups attached to an aromatic ring is 1. The molecule has 0 bridgehead atoms. The smallest absolute Gasteiger partial charge is 0.255 e. The second-order valence-corrected chi connectivity index (χ2v) is 6.49. The highest BCUT2D eigenvalue weighted by Crippen LogP contribution is 2.29. The molecule has 1 aliphatic heterocycles. The highest BCUT2D eigenvalue weighted by Gasteiger charge is 2.31. The number of piperidine rings is 1. The van der Waals surface area contributed by atoms with Crippen LogP contribution in [0.2, 0.25) is 5.02 Å². The van der Waals surface area contributed by atoms with Crippen LogP contribution in [0.5, 0.6) is 5.75 Å². The van der Waals surface area contributed by atoms with Gasteiger partial charge in [-0.2, -0.15) is 0 Å². The standard InChI is InChI=1S/C16H23Cl2N3O3.H2O/c1-23-14-8-12(19)11(18)7-10(14)16(22)20-13-3-5-21(6-4-17)9-15(13)24-2;/h7-8,13,15H,3-6,9,19H2,1-2H3,(H,20,22);1H2/t13-,15+;/m1./s1.